The summed E-state index contributed by atoms with van der Waals surface area (Å²) < 4.78 is 7.95. The van der Waals surface area contributed by atoms with Crippen LogP contribution in [-0.4, -0.2) is 0 Å². The molecule has 2 aromatic heterocycles. The molecule has 10 aromatic rings. The number of benzene rings is 8. The summed E-state index contributed by atoms with van der Waals surface area (Å²) in [5.74, 6) is 0. The second-order valence-corrected chi connectivity index (χ2v) is 17.5. The molecule has 0 N–H and O–H groups in total. The van der Waals surface area contributed by atoms with Crippen LogP contribution in [0, 0.1) is 0 Å². The summed E-state index contributed by atoms with van der Waals surface area (Å²) in [4.78, 5) is 1.13. The fourth-order valence-corrected chi connectivity index (χ4v) is 11.1. The first-order valence-corrected chi connectivity index (χ1v) is 21.2. The van der Waals surface area contributed by atoms with Gasteiger partial charge in [-0.05, 0) is 133 Å². The minimum Gasteiger partial charge on any atom is -0.455 e. The lowest BCUT2D eigenvalue weighted by molar-refractivity contribution is 0.660. The molecule has 0 aliphatic heterocycles. The number of rotatable bonds is 6. The number of furan rings is 1. The van der Waals surface area contributed by atoms with E-state index in [1.54, 1.807) is 11.3 Å². The minimum atomic E-state index is -0.160. The van der Waals surface area contributed by atoms with Gasteiger partial charge in [-0.15, -0.1) is 11.3 Å². The molecule has 2 heteroatoms. The molecule has 0 fully saturated rings. The predicted molar refractivity (Wildman–Crippen MR) is 259 cm³/mol. The fourth-order valence-electron chi connectivity index (χ4n) is 10.1. The highest BCUT2D eigenvalue weighted by Crippen LogP contribution is 2.52. The molecule has 0 saturated heterocycles. The number of fused-ring (bicyclic) bond motifs is 12. The van der Waals surface area contributed by atoms with Gasteiger partial charge >= 0.3 is 0 Å². The Bertz CT molecular complexity index is 3470. The Labute approximate surface area is 348 Å². The van der Waals surface area contributed by atoms with Gasteiger partial charge in [0.1, 0.15) is 11.2 Å². The van der Waals surface area contributed by atoms with Crippen LogP contribution in [0.2, 0.25) is 0 Å². The van der Waals surface area contributed by atoms with Crippen molar-refractivity contribution in [2.75, 3.05) is 0 Å². The third-order valence-electron chi connectivity index (χ3n) is 12.9. The number of allylic oxidation sites excluding steroid dienone is 4. The van der Waals surface area contributed by atoms with Crippen LogP contribution in [0.5, 0.6) is 0 Å². The topological polar surface area (TPSA) is 13.1 Å². The molecule has 0 unspecified atom stereocenters. The van der Waals surface area contributed by atoms with Gasteiger partial charge < -0.3 is 4.42 Å². The normalized spacial score (nSPS) is 13.7. The summed E-state index contributed by atoms with van der Waals surface area (Å²) in [6.45, 7) is 17.3. The molecule has 0 bridgehead atoms. The zero-order chi connectivity index (χ0) is 40.2. The van der Waals surface area contributed by atoms with E-state index in [0.29, 0.717) is 0 Å². The van der Waals surface area contributed by atoms with E-state index >= 15 is 0 Å². The summed E-state index contributed by atoms with van der Waals surface area (Å²) >= 11 is 1.75. The van der Waals surface area contributed by atoms with Crippen LogP contribution < -0.4 is 0 Å². The monoisotopic (exact) mass is 774 g/mol. The molecule has 282 valence electrons. The number of thiophene rings is 1. The molecular weight excluding hydrogens is 733 g/mol. The predicted octanol–water partition coefficient (Wildman–Crippen LogP) is 17.2. The lowest BCUT2D eigenvalue weighted by atomic mass is 9.81. The smallest absolute Gasteiger partial charge is 0.143 e. The van der Waals surface area contributed by atoms with Crippen LogP contribution in [0.25, 0.3) is 115 Å². The average Bonchev–Trinajstić information content (AvgIpc) is 3.91. The maximum Gasteiger partial charge on any atom is 0.143 e. The summed E-state index contributed by atoms with van der Waals surface area (Å²) in [5, 5.41) is 10.9. The maximum atomic E-state index is 6.73. The lowest BCUT2D eigenvalue weighted by Crippen LogP contribution is -2.15. The summed E-state index contributed by atoms with van der Waals surface area (Å²) in [7, 11) is 0. The maximum absolute atomic E-state index is 6.73. The molecule has 0 spiro atoms. The molecule has 8 aromatic carbocycles. The van der Waals surface area contributed by atoms with E-state index in [1.165, 1.54) is 87.3 Å². The molecule has 0 amide bonds. The van der Waals surface area contributed by atoms with Crippen LogP contribution in [0.1, 0.15) is 54.8 Å². The van der Waals surface area contributed by atoms with Crippen molar-refractivity contribution < 1.29 is 4.42 Å². The van der Waals surface area contributed by atoms with Crippen molar-refractivity contribution in [3.8, 4) is 33.4 Å². The van der Waals surface area contributed by atoms with Gasteiger partial charge in [-0.2, -0.15) is 0 Å². The zero-order valence-corrected chi connectivity index (χ0v) is 34.6. The van der Waals surface area contributed by atoms with E-state index in [2.05, 4.69) is 186 Å². The SMILES string of the molecule is C=Cc1sc2ccc3ccc4c5cc(-c6ccc7c(c6)C(C)(C)c6ccc(-c8c9ccccc9c(/C(C)=C/C=C\C)c9ccccc89)cc6-7)ccc5oc4c3c2c1C=C. The molecule has 0 radical (unpaired) electrons. The van der Waals surface area contributed by atoms with Gasteiger partial charge in [-0.3, -0.25) is 0 Å². The van der Waals surface area contributed by atoms with Gasteiger partial charge in [-0.1, -0.05) is 148 Å². The summed E-state index contributed by atoms with van der Waals surface area (Å²) in [5.41, 5.74) is 15.6. The first-order chi connectivity index (χ1) is 28.8. The third kappa shape index (κ3) is 5.09. The molecule has 1 aliphatic rings. The quantitative estimate of drug-likeness (QED) is 0.121. The summed E-state index contributed by atoms with van der Waals surface area (Å²) in [6, 6.07) is 47.6. The highest BCUT2D eigenvalue weighted by Gasteiger charge is 2.36. The van der Waals surface area contributed by atoms with Crippen LogP contribution in [-0.2, 0) is 5.41 Å². The van der Waals surface area contributed by atoms with Gasteiger partial charge in [-0.25, -0.2) is 0 Å². The second-order valence-electron chi connectivity index (χ2n) is 16.4. The van der Waals surface area contributed by atoms with Crippen molar-refractivity contribution in [2.24, 2.45) is 0 Å². The first kappa shape index (κ1) is 35.4. The Hall–Kier alpha value is -6.74. The van der Waals surface area contributed by atoms with E-state index < -0.39 is 0 Å². The van der Waals surface area contributed by atoms with Crippen molar-refractivity contribution in [3.63, 3.8) is 0 Å². The van der Waals surface area contributed by atoms with Crippen LogP contribution in [0.15, 0.2) is 163 Å². The zero-order valence-electron chi connectivity index (χ0n) is 33.7. The molecular formula is C57H42OS. The first-order valence-electron chi connectivity index (χ1n) is 20.4. The molecule has 11 rings (SSSR count). The highest BCUT2D eigenvalue weighted by atomic mass is 32.1. The summed E-state index contributed by atoms with van der Waals surface area (Å²) in [6.07, 6.45) is 10.3. The van der Waals surface area contributed by atoms with Crippen molar-refractivity contribution in [2.45, 2.75) is 33.1 Å². The van der Waals surface area contributed by atoms with E-state index in [1.807, 2.05) is 12.2 Å². The van der Waals surface area contributed by atoms with Crippen molar-refractivity contribution >= 4 is 93.4 Å². The van der Waals surface area contributed by atoms with Gasteiger partial charge in [0.25, 0.3) is 0 Å². The van der Waals surface area contributed by atoms with Crippen LogP contribution in [0.3, 0.4) is 0 Å². The lowest BCUT2D eigenvalue weighted by Gasteiger charge is -2.22. The largest absolute Gasteiger partial charge is 0.455 e. The Morgan fingerprint density at radius 3 is 2.05 bits per heavy atom. The van der Waals surface area contributed by atoms with Crippen LogP contribution in [0.4, 0.5) is 0 Å². The Balaban J connectivity index is 1.05. The van der Waals surface area contributed by atoms with Gasteiger partial charge in [0, 0.05) is 42.1 Å². The Morgan fingerprint density at radius 1 is 0.627 bits per heavy atom. The van der Waals surface area contributed by atoms with Gasteiger partial charge in [0.15, 0.2) is 0 Å². The van der Waals surface area contributed by atoms with Crippen molar-refractivity contribution in [1.29, 1.82) is 0 Å². The standard InChI is InChI=1S/C57H42OS/c1-7-10-15-33(4)52-40-16-11-13-18-42(40)53(43-19-14-12-17-41(43)52)37-22-27-47-45(31-37)39-25-21-36(32-48(39)57(47,5)6)35-23-28-49-46(30-35)44-26-20-34-24-29-51-55(54(34)56(44)58-49)38(8-2)50(9-3)59-51/h7-32H,2-3H2,1,4-6H3/b10-7-,33-15+. The number of hydrogen-bond acceptors (Lipinski definition) is 2. The third-order valence-corrected chi connectivity index (χ3v) is 14.1. The van der Waals surface area contributed by atoms with Crippen LogP contribution >= 0.6 is 11.3 Å². The highest BCUT2D eigenvalue weighted by molar-refractivity contribution is 7.20. The molecule has 59 heavy (non-hydrogen) atoms. The molecule has 1 aliphatic carbocycles. The second kappa shape index (κ2) is 13.1. The molecule has 0 saturated carbocycles. The molecule has 0 atom stereocenters. The Morgan fingerprint density at radius 2 is 1.32 bits per heavy atom. The molecule has 1 nitrogen and oxygen atoms in total. The van der Waals surface area contributed by atoms with E-state index in [4.69, 9.17) is 4.42 Å². The van der Waals surface area contributed by atoms with E-state index in [9.17, 15) is 0 Å². The average molecular weight is 775 g/mol. The molecule has 2 heterocycles. The van der Waals surface area contributed by atoms with E-state index in [-0.39, 0.29) is 5.41 Å². The number of hydrogen-bond donors (Lipinski definition) is 0. The van der Waals surface area contributed by atoms with Crippen molar-refractivity contribution in [1.82, 2.24) is 0 Å². The Kier molecular flexibility index (Phi) is 7.89. The fraction of sp³-hybridized carbons (Fsp3) is 0.0877. The van der Waals surface area contributed by atoms with Gasteiger partial charge in [0.2, 0.25) is 0 Å². The van der Waals surface area contributed by atoms with E-state index in [0.717, 1.165) is 43.2 Å². The van der Waals surface area contributed by atoms with Gasteiger partial charge in [0.05, 0.1) is 0 Å². The minimum absolute atomic E-state index is 0.160. The van der Waals surface area contributed by atoms with Crippen molar-refractivity contribution in [3.05, 3.63) is 186 Å².